The number of hydrogen-bond acceptors (Lipinski definition) is 4. The average molecular weight is 770 g/mol. The van der Waals surface area contributed by atoms with Gasteiger partial charge in [0.15, 0.2) is 0 Å². The summed E-state index contributed by atoms with van der Waals surface area (Å²) in [6, 6.07) is 30.9. The molecule has 4 aromatic rings. The van der Waals surface area contributed by atoms with E-state index in [4.69, 9.17) is 11.6 Å². The lowest BCUT2D eigenvalue weighted by Gasteiger charge is -2.35. The standard InChI is InChI=1S/C36H37ClIN3O4S/c37-29-14-10-13-28(23-29)25-40(34(24-27-11-4-1-5-12-27)36(43)39-31-15-6-2-7-16-31)35(42)26-41(32-21-19-30(38)20-22-32)46(44,45)33-17-8-3-9-18-33/h1,3-5,8-14,17-23,31,34H,2,6-7,15-16,24-26H2,(H,39,43)/t34-/m1/s1. The summed E-state index contributed by atoms with van der Waals surface area (Å²) >= 11 is 8.50. The van der Waals surface area contributed by atoms with Crippen LogP contribution in [0.25, 0.3) is 0 Å². The van der Waals surface area contributed by atoms with Gasteiger partial charge in [0.1, 0.15) is 12.6 Å². The van der Waals surface area contributed by atoms with Crippen molar-refractivity contribution in [2.24, 2.45) is 0 Å². The molecule has 1 saturated carbocycles. The minimum absolute atomic E-state index is 0.0318. The number of nitrogens with one attached hydrogen (secondary N) is 1. The summed E-state index contributed by atoms with van der Waals surface area (Å²) in [4.78, 5) is 30.3. The van der Waals surface area contributed by atoms with Gasteiger partial charge >= 0.3 is 0 Å². The molecule has 0 aliphatic heterocycles. The van der Waals surface area contributed by atoms with E-state index in [1.165, 1.54) is 17.0 Å². The lowest BCUT2D eigenvalue weighted by molar-refractivity contribution is -0.140. The van der Waals surface area contributed by atoms with Gasteiger partial charge < -0.3 is 10.2 Å². The molecule has 0 heterocycles. The second kappa shape index (κ2) is 15.9. The molecule has 2 amide bonds. The third-order valence-electron chi connectivity index (χ3n) is 8.19. The highest BCUT2D eigenvalue weighted by Gasteiger charge is 2.35. The predicted molar refractivity (Wildman–Crippen MR) is 191 cm³/mol. The zero-order chi connectivity index (χ0) is 32.5. The van der Waals surface area contributed by atoms with Gasteiger partial charge in [-0.15, -0.1) is 0 Å². The molecule has 10 heteroatoms. The van der Waals surface area contributed by atoms with E-state index in [1.807, 2.05) is 36.4 Å². The monoisotopic (exact) mass is 769 g/mol. The Morgan fingerprint density at radius 3 is 2.11 bits per heavy atom. The predicted octanol–water partition coefficient (Wildman–Crippen LogP) is 7.23. The van der Waals surface area contributed by atoms with Crippen LogP contribution in [0.3, 0.4) is 0 Å². The summed E-state index contributed by atoms with van der Waals surface area (Å²) < 4.78 is 30.2. The Bertz CT molecular complexity index is 1720. The second-order valence-corrected chi connectivity index (χ2v) is 15.0. The van der Waals surface area contributed by atoms with E-state index in [0.29, 0.717) is 10.7 Å². The van der Waals surface area contributed by atoms with Crippen molar-refractivity contribution in [3.63, 3.8) is 0 Å². The van der Waals surface area contributed by atoms with Gasteiger partial charge in [-0.2, -0.15) is 0 Å². The first-order valence-electron chi connectivity index (χ1n) is 15.4. The summed E-state index contributed by atoms with van der Waals surface area (Å²) in [6.07, 6.45) is 5.28. The van der Waals surface area contributed by atoms with Gasteiger partial charge in [0.05, 0.1) is 10.6 Å². The van der Waals surface area contributed by atoms with Crippen LogP contribution >= 0.6 is 34.2 Å². The molecule has 46 heavy (non-hydrogen) atoms. The molecule has 0 radical (unpaired) electrons. The second-order valence-electron chi connectivity index (χ2n) is 11.5. The third kappa shape index (κ3) is 8.89. The van der Waals surface area contributed by atoms with Crippen LogP contribution in [0.1, 0.15) is 43.2 Å². The zero-order valence-corrected chi connectivity index (χ0v) is 29.1. The van der Waals surface area contributed by atoms with Crippen LogP contribution in [0, 0.1) is 3.57 Å². The van der Waals surface area contributed by atoms with Crippen molar-refractivity contribution < 1.29 is 18.0 Å². The molecule has 0 bridgehead atoms. The molecule has 1 aliphatic carbocycles. The van der Waals surface area contributed by atoms with Crippen LogP contribution in [0.15, 0.2) is 114 Å². The topological polar surface area (TPSA) is 86.8 Å². The smallest absolute Gasteiger partial charge is 0.264 e. The first kappa shape index (κ1) is 33.9. The molecular formula is C36H37ClIN3O4S. The van der Waals surface area contributed by atoms with Crippen LogP contribution in [0.5, 0.6) is 0 Å². The molecule has 0 saturated heterocycles. The SMILES string of the molecule is O=C(NC1CCCCC1)[C@@H](Cc1ccccc1)N(Cc1cccc(Cl)c1)C(=O)CN(c1ccc(I)cc1)S(=O)(=O)c1ccccc1. The average Bonchev–Trinajstić information content (AvgIpc) is 3.07. The summed E-state index contributed by atoms with van der Waals surface area (Å²) in [5.41, 5.74) is 1.98. The lowest BCUT2D eigenvalue weighted by Crippen LogP contribution is -2.55. The molecule has 7 nitrogen and oxygen atoms in total. The molecule has 1 aliphatic rings. The molecule has 1 fully saturated rings. The quantitative estimate of drug-likeness (QED) is 0.154. The minimum atomic E-state index is -4.14. The maximum Gasteiger partial charge on any atom is 0.264 e. The van der Waals surface area contributed by atoms with Crippen molar-refractivity contribution in [1.29, 1.82) is 0 Å². The Hall–Kier alpha value is -3.41. The largest absolute Gasteiger partial charge is 0.352 e. The van der Waals surface area contributed by atoms with Crippen molar-refractivity contribution in [3.05, 3.63) is 129 Å². The Balaban J connectivity index is 1.55. The number of sulfonamides is 1. The van der Waals surface area contributed by atoms with Gasteiger partial charge in [0.2, 0.25) is 11.8 Å². The van der Waals surface area contributed by atoms with Gasteiger partial charge in [-0.05, 0) is 95.1 Å². The van der Waals surface area contributed by atoms with Crippen LogP contribution in [0.4, 0.5) is 5.69 Å². The van der Waals surface area contributed by atoms with Crippen molar-refractivity contribution in [2.45, 2.75) is 62.0 Å². The van der Waals surface area contributed by atoms with Crippen LogP contribution in [-0.4, -0.2) is 43.8 Å². The fourth-order valence-corrected chi connectivity index (χ4v) is 7.79. The van der Waals surface area contributed by atoms with Crippen LogP contribution in [0.2, 0.25) is 5.02 Å². The molecular weight excluding hydrogens is 733 g/mol. The Morgan fingerprint density at radius 1 is 0.826 bits per heavy atom. The fourth-order valence-electron chi connectivity index (χ4n) is 5.79. The van der Waals surface area contributed by atoms with Crippen molar-refractivity contribution in [1.82, 2.24) is 10.2 Å². The normalized spacial score (nSPS) is 14.3. The summed E-state index contributed by atoms with van der Waals surface area (Å²) in [5.74, 6) is -0.754. The molecule has 1 atom stereocenters. The highest BCUT2D eigenvalue weighted by molar-refractivity contribution is 14.1. The Kier molecular flexibility index (Phi) is 11.8. The van der Waals surface area contributed by atoms with Crippen molar-refractivity contribution in [3.8, 4) is 0 Å². The van der Waals surface area contributed by atoms with Gasteiger partial charge in [0, 0.05) is 27.6 Å². The Morgan fingerprint density at radius 2 is 1.46 bits per heavy atom. The summed E-state index contributed by atoms with van der Waals surface area (Å²) in [6.45, 7) is -0.429. The zero-order valence-electron chi connectivity index (χ0n) is 25.4. The first-order valence-corrected chi connectivity index (χ1v) is 18.3. The third-order valence-corrected chi connectivity index (χ3v) is 10.9. The Labute approximate surface area is 290 Å². The number of benzene rings is 4. The van der Waals surface area contributed by atoms with E-state index in [2.05, 4.69) is 27.9 Å². The molecule has 240 valence electrons. The number of carbonyl (C=O) groups is 2. The van der Waals surface area contributed by atoms with Crippen LogP contribution < -0.4 is 9.62 Å². The van der Waals surface area contributed by atoms with Crippen LogP contribution in [-0.2, 0) is 32.6 Å². The number of halogens is 2. The molecule has 0 aromatic heterocycles. The van der Waals surface area contributed by atoms with Gasteiger partial charge in [0.25, 0.3) is 10.0 Å². The summed E-state index contributed by atoms with van der Waals surface area (Å²) in [7, 11) is -4.14. The van der Waals surface area contributed by atoms with Crippen molar-refractivity contribution in [2.75, 3.05) is 10.8 Å². The number of anilines is 1. The highest BCUT2D eigenvalue weighted by atomic mass is 127. The maximum absolute atomic E-state index is 14.6. The van der Waals surface area contributed by atoms with E-state index in [0.717, 1.165) is 51.1 Å². The van der Waals surface area contributed by atoms with E-state index in [1.54, 1.807) is 60.7 Å². The highest BCUT2D eigenvalue weighted by Crippen LogP contribution is 2.26. The molecule has 0 unspecified atom stereocenters. The van der Waals surface area contributed by atoms with Gasteiger partial charge in [-0.1, -0.05) is 91.5 Å². The fraction of sp³-hybridized carbons (Fsp3) is 0.278. The summed E-state index contributed by atoms with van der Waals surface area (Å²) in [5, 5.41) is 3.73. The molecule has 5 rings (SSSR count). The van der Waals surface area contributed by atoms with Gasteiger partial charge in [-0.25, -0.2) is 8.42 Å². The lowest BCUT2D eigenvalue weighted by atomic mass is 9.94. The molecule has 1 N–H and O–H groups in total. The number of rotatable bonds is 12. The van der Waals surface area contributed by atoms with Gasteiger partial charge in [-0.3, -0.25) is 13.9 Å². The van der Waals surface area contributed by atoms with E-state index >= 15 is 0 Å². The number of nitrogens with zero attached hydrogens (tertiary/aromatic N) is 2. The molecule has 4 aromatic carbocycles. The number of hydrogen-bond donors (Lipinski definition) is 1. The van der Waals surface area contributed by atoms with E-state index in [9.17, 15) is 18.0 Å². The van der Waals surface area contributed by atoms with E-state index in [-0.39, 0.29) is 29.8 Å². The number of amides is 2. The van der Waals surface area contributed by atoms with Crippen molar-refractivity contribution >= 4 is 61.7 Å². The maximum atomic E-state index is 14.6. The first-order chi connectivity index (χ1) is 22.2. The molecule has 0 spiro atoms. The van der Waals surface area contributed by atoms with E-state index < -0.39 is 28.5 Å². The minimum Gasteiger partial charge on any atom is -0.352 e. The number of carbonyl (C=O) groups excluding carboxylic acids is 2.